The van der Waals surface area contributed by atoms with Crippen LogP contribution in [0.15, 0.2) is 18.3 Å². The Morgan fingerprint density at radius 2 is 0.727 bits per heavy atom. The molecule has 2 heteroatoms. The Labute approximate surface area is 277 Å². The monoisotopic (exact) mass is 614 g/mol. The maximum Gasteiger partial charge on any atom is 0.122 e. The number of nitrogens with zero attached hydrogens (tertiary/aromatic N) is 1. The van der Waals surface area contributed by atoms with E-state index in [1.165, 1.54) is 218 Å². The number of aromatic nitrogens is 1. The molecule has 0 aliphatic rings. The predicted octanol–water partition coefficient (Wildman–Crippen LogP) is 14.9. The van der Waals surface area contributed by atoms with Crippen LogP contribution in [0.1, 0.15) is 231 Å². The molecule has 0 amide bonds. The van der Waals surface area contributed by atoms with Gasteiger partial charge in [-0.15, -0.1) is 0 Å². The van der Waals surface area contributed by atoms with Gasteiger partial charge in [0.25, 0.3) is 0 Å². The largest absolute Gasteiger partial charge is 0.493 e. The van der Waals surface area contributed by atoms with Crippen LogP contribution in [0.2, 0.25) is 0 Å². The van der Waals surface area contributed by atoms with Crippen LogP contribution in [0.3, 0.4) is 0 Å². The van der Waals surface area contributed by atoms with Gasteiger partial charge in [-0.3, -0.25) is 4.98 Å². The van der Waals surface area contributed by atoms with E-state index < -0.39 is 0 Å². The van der Waals surface area contributed by atoms with Crippen molar-refractivity contribution in [2.45, 2.75) is 232 Å². The van der Waals surface area contributed by atoms with Crippen LogP contribution < -0.4 is 4.74 Å². The Morgan fingerprint density at radius 3 is 1.09 bits per heavy atom. The molecule has 0 aliphatic heterocycles. The summed E-state index contributed by atoms with van der Waals surface area (Å²) < 4.78 is 6.06. The minimum absolute atomic E-state index is 0.848. The molecule has 0 saturated heterocycles. The first-order chi connectivity index (χ1) is 21.9. The van der Waals surface area contributed by atoms with Gasteiger partial charge in [0.2, 0.25) is 0 Å². The fourth-order valence-electron chi connectivity index (χ4n) is 6.55. The fourth-order valence-corrected chi connectivity index (χ4v) is 6.55. The van der Waals surface area contributed by atoms with Gasteiger partial charge in [-0.2, -0.15) is 0 Å². The third-order valence-corrected chi connectivity index (χ3v) is 9.59. The van der Waals surface area contributed by atoms with E-state index in [9.17, 15) is 0 Å². The van der Waals surface area contributed by atoms with Gasteiger partial charge in [0.1, 0.15) is 5.75 Å². The summed E-state index contributed by atoms with van der Waals surface area (Å²) >= 11 is 0. The summed E-state index contributed by atoms with van der Waals surface area (Å²) in [5, 5.41) is 0. The van der Waals surface area contributed by atoms with Gasteiger partial charge in [-0.25, -0.2) is 0 Å². The number of aryl methyl sites for hydroxylation is 1. The molecule has 0 atom stereocenters. The SMILES string of the molecule is CCCCCCCCCCCCCCCCCCCc1cc(OCCCCCCCCCCCCCCCCCC)ccn1. The third kappa shape index (κ3) is 29.6. The second-order valence-corrected chi connectivity index (χ2v) is 14.0. The van der Waals surface area contributed by atoms with Gasteiger partial charge in [-0.1, -0.05) is 213 Å². The smallest absolute Gasteiger partial charge is 0.122 e. The molecule has 0 aliphatic carbocycles. The zero-order valence-electron chi connectivity index (χ0n) is 30.3. The molecule has 0 unspecified atom stereocenters. The average molecular weight is 614 g/mol. The van der Waals surface area contributed by atoms with Crippen LogP contribution in [-0.2, 0) is 6.42 Å². The topological polar surface area (TPSA) is 22.1 Å². The normalized spacial score (nSPS) is 11.4. The first-order valence-corrected chi connectivity index (χ1v) is 20.4. The van der Waals surface area contributed by atoms with Crippen molar-refractivity contribution in [1.82, 2.24) is 4.98 Å². The third-order valence-electron chi connectivity index (χ3n) is 9.59. The lowest BCUT2D eigenvalue weighted by Gasteiger charge is -2.08. The predicted molar refractivity (Wildman–Crippen MR) is 197 cm³/mol. The lowest BCUT2D eigenvalue weighted by atomic mass is 10.0. The summed E-state index contributed by atoms with van der Waals surface area (Å²) in [5.74, 6) is 1.02. The molecule has 0 aromatic carbocycles. The Kier molecular flexibility index (Phi) is 32.4. The molecule has 1 rings (SSSR count). The zero-order chi connectivity index (χ0) is 31.4. The summed E-state index contributed by atoms with van der Waals surface area (Å²) in [4.78, 5) is 4.60. The van der Waals surface area contributed by atoms with Gasteiger partial charge in [-0.05, 0) is 25.3 Å². The Hall–Kier alpha value is -1.05. The molecule has 0 fully saturated rings. The molecule has 1 heterocycles. The summed E-state index contributed by atoms with van der Waals surface area (Å²) in [6.07, 6.45) is 49.8. The van der Waals surface area contributed by atoms with E-state index in [0.29, 0.717) is 0 Å². The van der Waals surface area contributed by atoms with Gasteiger partial charge in [0.15, 0.2) is 0 Å². The second-order valence-electron chi connectivity index (χ2n) is 14.0. The van der Waals surface area contributed by atoms with Crippen molar-refractivity contribution in [2.24, 2.45) is 0 Å². The molecule has 1 aromatic rings. The molecule has 1 aromatic heterocycles. The van der Waals surface area contributed by atoms with Gasteiger partial charge >= 0.3 is 0 Å². The van der Waals surface area contributed by atoms with Crippen LogP contribution in [0, 0.1) is 0 Å². The highest BCUT2D eigenvalue weighted by Crippen LogP contribution is 2.18. The molecule has 0 spiro atoms. The van der Waals surface area contributed by atoms with E-state index in [0.717, 1.165) is 18.8 Å². The molecule has 0 saturated carbocycles. The lowest BCUT2D eigenvalue weighted by Crippen LogP contribution is -1.99. The van der Waals surface area contributed by atoms with E-state index >= 15 is 0 Å². The molecule has 0 N–H and O–H groups in total. The number of hydrogen-bond acceptors (Lipinski definition) is 2. The zero-order valence-corrected chi connectivity index (χ0v) is 30.3. The molecule has 0 radical (unpaired) electrons. The quantitative estimate of drug-likeness (QED) is 0.0702. The minimum atomic E-state index is 0.848. The van der Waals surface area contributed by atoms with Crippen molar-refractivity contribution in [3.05, 3.63) is 24.0 Å². The number of hydrogen-bond donors (Lipinski definition) is 0. The Balaban J connectivity index is 1.83. The van der Waals surface area contributed by atoms with Crippen LogP contribution in [0.25, 0.3) is 0 Å². The van der Waals surface area contributed by atoms with E-state index in [1.807, 2.05) is 12.3 Å². The molecule has 44 heavy (non-hydrogen) atoms. The first-order valence-electron chi connectivity index (χ1n) is 20.4. The van der Waals surface area contributed by atoms with Crippen molar-refractivity contribution in [1.29, 1.82) is 0 Å². The molecule has 258 valence electrons. The maximum atomic E-state index is 6.06. The highest BCUT2D eigenvalue weighted by atomic mass is 16.5. The van der Waals surface area contributed by atoms with Gasteiger partial charge in [0.05, 0.1) is 6.61 Å². The van der Waals surface area contributed by atoms with Gasteiger partial charge in [0, 0.05) is 18.0 Å². The van der Waals surface area contributed by atoms with Crippen molar-refractivity contribution in [3.63, 3.8) is 0 Å². The van der Waals surface area contributed by atoms with E-state index in [2.05, 4.69) is 24.9 Å². The molecular weight excluding hydrogens is 534 g/mol. The van der Waals surface area contributed by atoms with E-state index in [1.54, 1.807) is 0 Å². The first kappa shape index (κ1) is 41.0. The van der Waals surface area contributed by atoms with Gasteiger partial charge < -0.3 is 4.74 Å². The number of ether oxygens (including phenoxy) is 1. The standard InChI is InChI=1S/C42H79NO/c1-3-5-7-9-11-13-15-17-19-21-22-24-26-28-30-32-34-36-41-40-42(37-38-43-41)44-39-35-33-31-29-27-25-23-20-18-16-14-12-10-8-6-4-2/h37-38,40H,3-36,39H2,1-2H3. The van der Waals surface area contributed by atoms with Crippen LogP contribution in [0.4, 0.5) is 0 Å². The van der Waals surface area contributed by atoms with Crippen molar-refractivity contribution >= 4 is 0 Å². The minimum Gasteiger partial charge on any atom is -0.493 e. The lowest BCUT2D eigenvalue weighted by molar-refractivity contribution is 0.303. The molecule has 2 nitrogen and oxygen atoms in total. The highest BCUT2D eigenvalue weighted by Gasteiger charge is 2.01. The fraction of sp³-hybridized carbons (Fsp3) is 0.881. The van der Waals surface area contributed by atoms with Crippen molar-refractivity contribution in [2.75, 3.05) is 6.61 Å². The summed E-state index contributed by atoms with van der Waals surface area (Å²) in [7, 11) is 0. The highest BCUT2D eigenvalue weighted by molar-refractivity contribution is 5.22. The maximum absolute atomic E-state index is 6.06. The Morgan fingerprint density at radius 1 is 0.409 bits per heavy atom. The average Bonchev–Trinajstić information content (AvgIpc) is 3.04. The van der Waals surface area contributed by atoms with Crippen molar-refractivity contribution < 1.29 is 4.74 Å². The Bertz CT molecular complexity index is 620. The van der Waals surface area contributed by atoms with E-state index in [4.69, 9.17) is 4.74 Å². The summed E-state index contributed by atoms with van der Waals surface area (Å²) in [5.41, 5.74) is 1.20. The molecular formula is C42H79NO. The number of pyridine rings is 1. The van der Waals surface area contributed by atoms with Crippen molar-refractivity contribution in [3.8, 4) is 5.75 Å². The summed E-state index contributed by atoms with van der Waals surface area (Å²) in [6.45, 7) is 5.45. The number of rotatable bonds is 36. The van der Waals surface area contributed by atoms with Crippen LogP contribution in [0.5, 0.6) is 5.75 Å². The van der Waals surface area contributed by atoms with Crippen LogP contribution >= 0.6 is 0 Å². The molecule has 0 bridgehead atoms. The van der Waals surface area contributed by atoms with Crippen LogP contribution in [-0.4, -0.2) is 11.6 Å². The summed E-state index contributed by atoms with van der Waals surface area (Å²) in [6, 6.07) is 4.21. The second kappa shape index (κ2) is 34.8. The van der Waals surface area contributed by atoms with E-state index in [-0.39, 0.29) is 0 Å². The number of unbranched alkanes of at least 4 members (excludes halogenated alkanes) is 31.